The number of hydrogen-bond acceptors (Lipinski definition) is 6. The predicted molar refractivity (Wildman–Crippen MR) is 123 cm³/mol. The standard InChI is InChI=1S/C24H35N7O/c1-16-15-31-21(25-23(16)29-11-6-7-12-29)14-19(28-31)20-10-4-5-13-30(20)24(32)22-17-8-2-3-9-18(17)26-27-22/h14-15,17-18,20,22,26-27H,2-13H2,1H3/t17?,18?,20-,22?/m0/s1. The molecule has 32 heavy (non-hydrogen) atoms. The van der Waals surface area contributed by atoms with Crippen molar-refractivity contribution in [3.63, 3.8) is 0 Å². The van der Waals surface area contributed by atoms with Crippen molar-refractivity contribution in [3.05, 3.63) is 23.5 Å². The van der Waals surface area contributed by atoms with E-state index in [1.807, 2.05) is 4.52 Å². The molecule has 6 rings (SSSR count). The second-order valence-electron chi connectivity index (χ2n) is 10.2. The molecule has 1 saturated carbocycles. The first-order valence-corrected chi connectivity index (χ1v) is 12.6. The van der Waals surface area contributed by atoms with Crippen LogP contribution >= 0.6 is 0 Å². The molecule has 3 unspecified atom stereocenters. The van der Waals surface area contributed by atoms with Gasteiger partial charge in [0, 0.05) is 49.4 Å². The molecular formula is C24H35N7O. The number of aryl methyl sites for hydroxylation is 1. The lowest BCUT2D eigenvalue weighted by molar-refractivity contribution is -0.138. The maximum Gasteiger partial charge on any atom is 0.241 e. The minimum Gasteiger partial charge on any atom is -0.356 e. The molecule has 0 spiro atoms. The SMILES string of the molecule is Cc1cn2nc([C@@H]3CCCCN3C(=O)C3NNC4CCCCC43)cc2nc1N1CCCC1. The zero-order chi connectivity index (χ0) is 21.7. The van der Waals surface area contributed by atoms with E-state index in [0.29, 0.717) is 12.0 Å². The van der Waals surface area contributed by atoms with Gasteiger partial charge in [-0.05, 0) is 51.9 Å². The molecule has 8 nitrogen and oxygen atoms in total. The van der Waals surface area contributed by atoms with Crippen molar-refractivity contribution in [2.45, 2.75) is 82.8 Å². The van der Waals surface area contributed by atoms with Crippen LogP contribution in [0.5, 0.6) is 0 Å². The van der Waals surface area contributed by atoms with Crippen molar-refractivity contribution in [3.8, 4) is 0 Å². The van der Waals surface area contributed by atoms with Gasteiger partial charge in [-0.2, -0.15) is 5.10 Å². The van der Waals surface area contributed by atoms with Gasteiger partial charge in [0.1, 0.15) is 11.9 Å². The van der Waals surface area contributed by atoms with Crippen LogP contribution in [0.3, 0.4) is 0 Å². The van der Waals surface area contributed by atoms with Gasteiger partial charge in [0.05, 0.1) is 11.7 Å². The molecule has 0 radical (unpaired) electrons. The van der Waals surface area contributed by atoms with Crippen LogP contribution in [0, 0.1) is 12.8 Å². The van der Waals surface area contributed by atoms with E-state index in [0.717, 1.165) is 68.0 Å². The highest BCUT2D eigenvalue weighted by molar-refractivity contribution is 5.83. The van der Waals surface area contributed by atoms with E-state index in [1.165, 1.54) is 32.1 Å². The van der Waals surface area contributed by atoms with Crippen LogP contribution in [0.2, 0.25) is 0 Å². The zero-order valence-electron chi connectivity index (χ0n) is 19.1. The first-order valence-electron chi connectivity index (χ1n) is 12.6. The summed E-state index contributed by atoms with van der Waals surface area (Å²) in [7, 11) is 0. The number of amides is 1. The van der Waals surface area contributed by atoms with Gasteiger partial charge in [-0.1, -0.05) is 12.8 Å². The Labute approximate surface area is 189 Å². The molecule has 5 heterocycles. The molecule has 172 valence electrons. The number of aromatic nitrogens is 3. The molecule has 0 aromatic carbocycles. The van der Waals surface area contributed by atoms with Crippen molar-refractivity contribution in [1.29, 1.82) is 0 Å². The summed E-state index contributed by atoms with van der Waals surface area (Å²) in [5.41, 5.74) is 9.80. The fourth-order valence-electron chi connectivity index (χ4n) is 6.40. The van der Waals surface area contributed by atoms with Crippen LogP contribution in [0.25, 0.3) is 5.65 Å². The molecule has 2 aromatic heterocycles. The van der Waals surface area contributed by atoms with E-state index in [-0.39, 0.29) is 18.0 Å². The van der Waals surface area contributed by atoms with Gasteiger partial charge in [0.15, 0.2) is 5.65 Å². The summed E-state index contributed by atoms with van der Waals surface area (Å²) in [4.78, 5) is 23.2. The Morgan fingerprint density at radius 2 is 1.78 bits per heavy atom. The average molecular weight is 438 g/mol. The molecule has 3 aliphatic heterocycles. The lowest BCUT2D eigenvalue weighted by atomic mass is 9.81. The van der Waals surface area contributed by atoms with Crippen LogP contribution in [-0.4, -0.2) is 57.1 Å². The molecule has 8 heteroatoms. The number of hydrogen-bond donors (Lipinski definition) is 2. The number of anilines is 1. The fourth-order valence-corrected chi connectivity index (χ4v) is 6.40. The van der Waals surface area contributed by atoms with Crippen molar-refractivity contribution in [1.82, 2.24) is 30.3 Å². The third-order valence-corrected chi connectivity index (χ3v) is 8.09. The minimum absolute atomic E-state index is 0.0398. The Bertz CT molecular complexity index is 998. The van der Waals surface area contributed by atoms with Gasteiger partial charge in [-0.25, -0.2) is 14.9 Å². The van der Waals surface area contributed by atoms with E-state index in [4.69, 9.17) is 10.1 Å². The fraction of sp³-hybridized carbons (Fsp3) is 0.708. The number of likely N-dealkylation sites (tertiary alicyclic amines) is 1. The van der Waals surface area contributed by atoms with Crippen LogP contribution in [0.1, 0.15) is 75.1 Å². The first-order chi connectivity index (χ1) is 15.7. The van der Waals surface area contributed by atoms with Gasteiger partial charge in [0.25, 0.3) is 0 Å². The van der Waals surface area contributed by atoms with E-state index >= 15 is 0 Å². The van der Waals surface area contributed by atoms with Gasteiger partial charge in [0.2, 0.25) is 5.91 Å². The summed E-state index contributed by atoms with van der Waals surface area (Å²) in [6, 6.07) is 2.48. The number of carbonyl (C=O) groups is 1. The molecule has 0 bridgehead atoms. The Morgan fingerprint density at radius 1 is 1.00 bits per heavy atom. The Balaban J connectivity index is 1.28. The quantitative estimate of drug-likeness (QED) is 0.769. The maximum atomic E-state index is 13.7. The van der Waals surface area contributed by atoms with Crippen LogP contribution in [-0.2, 0) is 4.79 Å². The normalized spacial score (nSPS) is 30.8. The first kappa shape index (κ1) is 20.4. The second-order valence-corrected chi connectivity index (χ2v) is 10.2. The summed E-state index contributed by atoms with van der Waals surface area (Å²) in [6.45, 7) is 5.11. The highest BCUT2D eigenvalue weighted by atomic mass is 16.2. The highest BCUT2D eigenvalue weighted by Gasteiger charge is 2.44. The third-order valence-electron chi connectivity index (χ3n) is 8.09. The lowest BCUT2D eigenvalue weighted by Gasteiger charge is -2.37. The summed E-state index contributed by atoms with van der Waals surface area (Å²) in [5.74, 6) is 1.74. The second kappa shape index (κ2) is 8.30. The van der Waals surface area contributed by atoms with Crippen LogP contribution < -0.4 is 15.8 Å². The molecule has 4 aliphatic rings. The van der Waals surface area contributed by atoms with Gasteiger partial charge in [-0.15, -0.1) is 0 Å². The van der Waals surface area contributed by atoms with Gasteiger partial charge >= 0.3 is 0 Å². The largest absolute Gasteiger partial charge is 0.356 e. The lowest BCUT2D eigenvalue weighted by Crippen LogP contribution is -2.50. The molecule has 4 fully saturated rings. The number of carbonyl (C=O) groups excluding carboxylic acids is 1. The smallest absolute Gasteiger partial charge is 0.241 e. The number of fused-ring (bicyclic) bond motifs is 2. The monoisotopic (exact) mass is 437 g/mol. The zero-order valence-corrected chi connectivity index (χ0v) is 19.1. The van der Waals surface area contributed by atoms with Crippen molar-refractivity contribution in [2.75, 3.05) is 24.5 Å². The van der Waals surface area contributed by atoms with Crippen molar-refractivity contribution >= 4 is 17.4 Å². The molecule has 3 saturated heterocycles. The molecule has 4 atom stereocenters. The van der Waals surface area contributed by atoms with Crippen molar-refractivity contribution < 1.29 is 4.79 Å². The third kappa shape index (κ3) is 3.48. The highest BCUT2D eigenvalue weighted by Crippen LogP contribution is 2.36. The van der Waals surface area contributed by atoms with Crippen LogP contribution in [0.15, 0.2) is 12.3 Å². The van der Waals surface area contributed by atoms with Crippen LogP contribution in [0.4, 0.5) is 5.82 Å². The van der Waals surface area contributed by atoms with Gasteiger partial charge < -0.3 is 9.80 Å². The number of nitrogens with one attached hydrogen (secondary N) is 2. The average Bonchev–Trinajstić information content (AvgIpc) is 3.57. The maximum absolute atomic E-state index is 13.7. The summed E-state index contributed by atoms with van der Waals surface area (Å²) in [5, 5.41) is 4.91. The molecule has 1 aliphatic carbocycles. The molecule has 2 N–H and O–H groups in total. The van der Waals surface area contributed by atoms with E-state index in [1.54, 1.807) is 0 Å². The topological polar surface area (TPSA) is 77.8 Å². The summed E-state index contributed by atoms with van der Waals surface area (Å²) in [6.07, 6.45) is 12.6. The molecule has 1 amide bonds. The number of nitrogens with zero attached hydrogens (tertiary/aromatic N) is 5. The van der Waals surface area contributed by atoms with Crippen molar-refractivity contribution in [2.24, 2.45) is 5.92 Å². The summed E-state index contributed by atoms with van der Waals surface area (Å²) >= 11 is 0. The molecular weight excluding hydrogens is 402 g/mol. The van der Waals surface area contributed by atoms with E-state index in [2.05, 4.69) is 39.8 Å². The predicted octanol–water partition coefficient (Wildman–Crippen LogP) is 2.73. The number of hydrazine groups is 1. The van der Waals surface area contributed by atoms with E-state index < -0.39 is 0 Å². The Kier molecular flexibility index (Phi) is 5.30. The van der Waals surface area contributed by atoms with Gasteiger partial charge in [-0.3, -0.25) is 10.2 Å². The summed E-state index contributed by atoms with van der Waals surface area (Å²) < 4.78 is 1.91. The number of piperidine rings is 1. The Morgan fingerprint density at radius 3 is 2.66 bits per heavy atom. The molecule has 2 aromatic rings. The number of rotatable bonds is 3. The Hall–Kier alpha value is -2.19. The minimum atomic E-state index is -0.111. The van der Waals surface area contributed by atoms with E-state index in [9.17, 15) is 4.79 Å².